The predicted molar refractivity (Wildman–Crippen MR) is 140 cm³/mol. The molecule has 37 heavy (non-hydrogen) atoms. The number of nitrogens with zero attached hydrogens (tertiary/aromatic N) is 3. The van der Waals surface area contributed by atoms with Crippen LogP contribution in [0.2, 0.25) is 5.02 Å². The van der Waals surface area contributed by atoms with E-state index in [1.807, 2.05) is 0 Å². The molecule has 0 atom stereocenters. The lowest BCUT2D eigenvalue weighted by molar-refractivity contribution is -0.140. The van der Waals surface area contributed by atoms with Crippen LogP contribution in [0.25, 0.3) is 0 Å². The average molecular weight is 532 g/mol. The smallest absolute Gasteiger partial charge is 0.414 e. The van der Waals surface area contributed by atoms with Crippen molar-refractivity contribution in [3.63, 3.8) is 0 Å². The van der Waals surface area contributed by atoms with Crippen molar-refractivity contribution in [1.29, 1.82) is 0 Å². The highest BCUT2D eigenvalue weighted by atomic mass is 35.5. The Morgan fingerprint density at radius 3 is 2.38 bits per heavy atom. The van der Waals surface area contributed by atoms with Crippen molar-refractivity contribution in [1.82, 2.24) is 9.88 Å². The first kappa shape index (κ1) is 28.2. The van der Waals surface area contributed by atoms with Crippen LogP contribution in [0.4, 0.5) is 10.5 Å². The van der Waals surface area contributed by atoms with Gasteiger partial charge in [-0.15, -0.1) is 0 Å². The second-order valence-electron chi connectivity index (χ2n) is 9.77. The number of amides is 2. The Morgan fingerprint density at radius 2 is 1.78 bits per heavy atom. The summed E-state index contributed by atoms with van der Waals surface area (Å²) in [5, 5.41) is 0.348. The van der Waals surface area contributed by atoms with Gasteiger partial charge in [-0.05, 0) is 70.4 Å². The fourth-order valence-corrected chi connectivity index (χ4v) is 4.04. The van der Waals surface area contributed by atoms with Gasteiger partial charge in [0.05, 0.1) is 25.8 Å². The number of pyridine rings is 1. The Kier molecular flexibility index (Phi) is 9.74. The van der Waals surface area contributed by atoms with Crippen molar-refractivity contribution >= 4 is 35.3 Å². The average Bonchev–Trinajstić information content (AvgIpc) is 2.81. The van der Waals surface area contributed by atoms with Gasteiger partial charge in [0.2, 0.25) is 0 Å². The number of hydrogen-bond acceptors (Lipinski definition) is 7. The maximum Gasteiger partial charge on any atom is 0.414 e. The topological polar surface area (TPSA) is 98.3 Å². The molecule has 0 unspecified atom stereocenters. The summed E-state index contributed by atoms with van der Waals surface area (Å²) in [7, 11) is 1.33. The normalized spacial score (nSPS) is 13.3. The number of carbonyl (C=O) groups is 3. The van der Waals surface area contributed by atoms with Crippen LogP contribution in [0.15, 0.2) is 42.7 Å². The number of ether oxygens (including phenoxy) is 3. The third-order valence-electron chi connectivity index (χ3n) is 5.85. The summed E-state index contributed by atoms with van der Waals surface area (Å²) < 4.78 is 16.2. The molecule has 0 N–H and O–H groups in total. The van der Waals surface area contributed by atoms with Gasteiger partial charge in [-0.1, -0.05) is 11.6 Å². The highest BCUT2D eigenvalue weighted by molar-refractivity contribution is 6.31. The van der Waals surface area contributed by atoms with Gasteiger partial charge >= 0.3 is 12.1 Å². The minimum Gasteiger partial charge on any atom is -0.492 e. The van der Waals surface area contributed by atoms with Gasteiger partial charge in [0.25, 0.3) is 5.91 Å². The Morgan fingerprint density at radius 1 is 1.08 bits per heavy atom. The van der Waals surface area contributed by atoms with Gasteiger partial charge in [0, 0.05) is 35.6 Å². The SMILES string of the molecule is COC(=O)CCN(C(=O)c1cc(Cl)cc(OCCN(C(=O)OC(C)(C)C)c2ccncc2)c1)C1CCC1. The zero-order chi connectivity index (χ0) is 27.0. The van der Waals surface area contributed by atoms with Crippen molar-refractivity contribution in [2.24, 2.45) is 0 Å². The third kappa shape index (κ3) is 8.35. The predicted octanol–water partition coefficient (Wildman–Crippen LogP) is 5.11. The number of anilines is 1. The standard InChI is InChI=1S/C27H34ClN3O6/c1-27(2,3)37-26(34)31(22-8-11-29-12-9-22)14-15-36-23-17-19(16-20(28)18-23)25(33)30(21-6-5-7-21)13-10-24(32)35-4/h8-9,11-12,16-18,21H,5-7,10,13-15H2,1-4H3. The second kappa shape index (κ2) is 12.8. The summed E-state index contributed by atoms with van der Waals surface area (Å²) in [5.41, 5.74) is 0.333. The van der Waals surface area contributed by atoms with E-state index < -0.39 is 11.7 Å². The fourth-order valence-electron chi connectivity index (χ4n) is 3.82. The molecule has 0 bridgehead atoms. The quantitative estimate of drug-likeness (QED) is 0.393. The maximum atomic E-state index is 13.4. The van der Waals surface area contributed by atoms with E-state index in [1.165, 1.54) is 12.0 Å². The van der Waals surface area contributed by atoms with Gasteiger partial charge in [-0.2, -0.15) is 0 Å². The first-order valence-electron chi connectivity index (χ1n) is 12.3. The third-order valence-corrected chi connectivity index (χ3v) is 6.07. The van der Waals surface area contributed by atoms with Crippen LogP contribution in [-0.2, 0) is 14.3 Å². The first-order chi connectivity index (χ1) is 17.6. The lowest BCUT2D eigenvalue weighted by Crippen LogP contribution is -2.45. The second-order valence-corrected chi connectivity index (χ2v) is 10.2. The van der Waals surface area contributed by atoms with E-state index in [1.54, 1.807) is 68.4 Å². The molecule has 1 aliphatic rings. The number of halogens is 1. The molecule has 2 aromatic rings. The number of methoxy groups -OCH3 is 1. The highest BCUT2D eigenvalue weighted by Crippen LogP contribution is 2.29. The number of rotatable bonds is 10. The number of carbonyl (C=O) groups excluding carboxylic acids is 3. The molecule has 1 aromatic heterocycles. The molecular weight excluding hydrogens is 498 g/mol. The van der Waals surface area contributed by atoms with Crippen LogP contribution in [0, 0.1) is 0 Å². The Labute approximate surface area is 222 Å². The van der Waals surface area contributed by atoms with Gasteiger partial charge in [0.15, 0.2) is 0 Å². The molecule has 0 radical (unpaired) electrons. The molecule has 1 aromatic carbocycles. The summed E-state index contributed by atoms with van der Waals surface area (Å²) in [6.45, 7) is 6.00. The molecule has 0 saturated heterocycles. The molecule has 3 rings (SSSR count). The Hall–Kier alpha value is -3.33. The van der Waals surface area contributed by atoms with Crippen LogP contribution in [-0.4, -0.2) is 66.3 Å². The van der Waals surface area contributed by atoms with E-state index in [9.17, 15) is 14.4 Å². The van der Waals surface area contributed by atoms with Gasteiger partial charge in [0.1, 0.15) is 18.0 Å². The zero-order valence-corrected chi connectivity index (χ0v) is 22.5. The maximum absolute atomic E-state index is 13.4. The highest BCUT2D eigenvalue weighted by Gasteiger charge is 2.30. The van der Waals surface area contributed by atoms with Crippen LogP contribution < -0.4 is 9.64 Å². The molecule has 200 valence electrons. The van der Waals surface area contributed by atoms with Gasteiger partial charge < -0.3 is 19.1 Å². The zero-order valence-electron chi connectivity index (χ0n) is 21.7. The van der Waals surface area contributed by atoms with Crippen LogP contribution >= 0.6 is 11.6 Å². The first-order valence-corrected chi connectivity index (χ1v) is 12.7. The van der Waals surface area contributed by atoms with Crippen molar-refractivity contribution in [2.45, 2.75) is 58.1 Å². The van der Waals surface area contributed by atoms with E-state index in [0.29, 0.717) is 22.0 Å². The number of benzene rings is 1. The Bertz CT molecular complexity index is 1090. The molecule has 0 spiro atoms. The van der Waals surface area contributed by atoms with Crippen molar-refractivity contribution < 1.29 is 28.6 Å². The van der Waals surface area contributed by atoms with Gasteiger partial charge in [-0.3, -0.25) is 19.5 Å². The number of aromatic nitrogens is 1. The van der Waals surface area contributed by atoms with E-state index in [0.717, 1.165) is 19.3 Å². The van der Waals surface area contributed by atoms with Gasteiger partial charge in [-0.25, -0.2) is 4.79 Å². The largest absolute Gasteiger partial charge is 0.492 e. The van der Waals surface area contributed by atoms with E-state index in [2.05, 4.69) is 4.98 Å². The summed E-state index contributed by atoms with van der Waals surface area (Å²) in [5.74, 6) is -0.180. The summed E-state index contributed by atoms with van der Waals surface area (Å²) in [6, 6.07) is 8.34. The lowest BCUT2D eigenvalue weighted by atomic mass is 9.90. The molecule has 9 nitrogen and oxygen atoms in total. The van der Waals surface area contributed by atoms with E-state index >= 15 is 0 Å². The monoisotopic (exact) mass is 531 g/mol. The molecule has 1 saturated carbocycles. The summed E-state index contributed by atoms with van der Waals surface area (Å²) >= 11 is 6.32. The van der Waals surface area contributed by atoms with Crippen LogP contribution in [0.5, 0.6) is 5.75 Å². The van der Waals surface area contributed by atoms with E-state index in [4.69, 9.17) is 25.8 Å². The minimum absolute atomic E-state index is 0.0863. The Balaban J connectivity index is 1.71. The summed E-state index contributed by atoms with van der Waals surface area (Å²) in [4.78, 5) is 45.0. The van der Waals surface area contributed by atoms with Crippen molar-refractivity contribution in [3.8, 4) is 5.75 Å². The van der Waals surface area contributed by atoms with Crippen LogP contribution in [0.1, 0.15) is 56.8 Å². The molecular formula is C27H34ClN3O6. The number of esters is 1. The van der Waals surface area contributed by atoms with Crippen LogP contribution in [0.3, 0.4) is 0 Å². The molecule has 0 aliphatic heterocycles. The molecule has 1 heterocycles. The van der Waals surface area contributed by atoms with Crippen molar-refractivity contribution in [2.75, 3.05) is 31.7 Å². The van der Waals surface area contributed by atoms with E-state index in [-0.39, 0.29) is 44.0 Å². The molecule has 10 heteroatoms. The minimum atomic E-state index is -0.661. The fraction of sp³-hybridized carbons (Fsp3) is 0.481. The molecule has 1 aliphatic carbocycles. The summed E-state index contributed by atoms with van der Waals surface area (Å²) in [6.07, 6.45) is 5.64. The lowest BCUT2D eigenvalue weighted by Gasteiger charge is -2.37. The molecule has 1 fully saturated rings. The molecule has 2 amide bonds. The number of hydrogen-bond donors (Lipinski definition) is 0. The van der Waals surface area contributed by atoms with Crippen molar-refractivity contribution in [3.05, 3.63) is 53.3 Å².